The summed E-state index contributed by atoms with van der Waals surface area (Å²) in [5, 5.41) is 15.6. The molecule has 1 N–H and O–H groups in total. The average Bonchev–Trinajstić information content (AvgIpc) is 3.44. The number of aromatic nitrogens is 2. The lowest BCUT2D eigenvalue weighted by molar-refractivity contribution is -0.145. The number of carbonyl (C=O) groups excluding carboxylic acids is 1. The first-order valence-electron chi connectivity index (χ1n) is 11.5. The zero-order valence-electron chi connectivity index (χ0n) is 19.6. The number of thioether (sulfide) groups is 1. The van der Waals surface area contributed by atoms with Gasteiger partial charge in [0.05, 0.1) is 15.6 Å². The monoisotopic (exact) mass is 579 g/mol. The number of carbonyl (C=O) groups is 2. The molecule has 190 valence electrons. The maximum atomic E-state index is 13.5. The van der Waals surface area contributed by atoms with E-state index in [9.17, 15) is 14.7 Å². The van der Waals surface area contributed by atoms with Gasteiger partial charge in [0.2, 0.25) is 0 Å². The Balaban J connectivity index is 1.55. The number of rotatable bonds is 7. The van der Waals surface area contributed by atoms with Gasteiger partial charge >= 0.3 is 5.97 Å². The molecule has 2 heterocycles. The molecule has 1 atom stereocenters. The molecule has 1 aliphatic rings. The zero-order valence-corrected chi connectivity index (χ0v) is 22.8. The van der Waals surface area contributed by atoms with E-state index in [0.29, 0.717) is 31.8 Å². The molecule has 1 saturated heterocycles. The highest BCUT2D eigenvalue weighted by Crippen LogP contribution is 2.38. The molecule has 1 aromatic heterocycles. The van der Waals surface area contributed by atoms with Crippen LogP contribution in [0.1, 0.15) is 11.1 Å². The SMILES string of the molecule is O=C(O)[C@@H](Cc1ccccc1)N1C(=O)/C(=C/c2cn(-c3ccccc3)nc2-c2ccc(Cl)cc2Cl)SC1=S. The molecule has 0 unspecified atom stereocenters. The number of aliphatic carboxylic acids is 1. The van der Waals surface area contributed by atoms with Gasteiger partial charge in [-0.1, -0.05) is 95.7 Å². The number of para-hydroxylation sites is 1. The Morgan fingerprint density at radius 3 is 2.39 bits per heavy atom. The topological polar surface area (TPSA) is 75.4 Å². The minimum Gasteiger partial charge on any atom is -0.480 e. The zero-order chi connectivity index (χ0) is 26.8. The van der Waals surface area contributed by atoms with E-state index in [1.165, 1.54) is 4.90 Å². The fourth-order valence-electron chi connectivity index (χ4n) is 4.11. The summed E-state index contributed by atoms with van der Waals surface area (Å²) in [6, 6.07) is 22.6. The number of hydrogen-bond donors (Lipinski definition) is 1. The van der Waals surface area contributed by atoms with E-state index in [1.54, 1.807) is 35.2 Å². The quantitative estimate of drug-likeness (QED) is 0.193. The second-order valence-corrected chi connectivity index (χ2v) is 11.0. The first-order valence-corrected chi connectivity index (χ1v) is 13.4. The first kappa shape index (κ1) is 26.2. The van der Waals surface area contributed by atoms with Crippen molar-refractivity contribution in [3.05, 3.63) is 111 Å². The normalized spacial score (nSPS) is 15.3. The van der Waals surface area contributed by atoms with Crippen LogP contribution in [0.15, 0.2) is 90.0 Å². The van der Waals surface area contributed by atoms with Crippen molar-refractivity contribution in [2.45, 2.75) is 12.5 Å². The lowest BCUT2D eigenvalue weighted by atomic mass is 10.0. The van der Waals surface area contributed by atoms with Gasteiger partial charge in [0, 0.05) is 28.8 Å². The van der Waals surface area contributed by atoms with Gasteiger partial charge in [-0.15, -0.1) is 0 Å². The standard InChI is InChI=1S/C28H19Cl2N3O3S2/c29-19-11-12-21(22(30)15-19)25-18(16-32(31-25)20-9-5-2-6-10-20)14-24-26(34)33(28(37)38-24)23(27(35)36)13-17-7-3-1-4-8-17/h1-12,14-16,23H,13H2,(H,35,36)/b24-14-/t23-/m1/s1. The molecule has 1 aliphatic heterocycles. The maximum Gasteiger partial charge on any atom is 0.327 e. The van der Waals surface area contributed by atoms with Crippen LogP contribution in [0, 0.1) is 0 Å². The summed E-state index contributed by atoms with van der Waals surface area (Å²) in [5.41, 5.74) is 3.41. The van der Waals surface area contributed by atoms with Crippen LogP contribution in [0.2, 0.25) is 10.0 Å². The van der Waals surface area contributed by atoms with Crippen molar-refractivity contribution < 1.29 is 14.7 Å². The Kier molecular flexibility index (Phi) is 7.67. The smallest absolute Gasteiger partial charge is 0.327 e. The van der Waals surface area contributed by atoms with Gasteiger partial charge in [-0.25, -0.2) is 9.48 Å². The van der Waals surface area contributed by atoms with Gasteiger partial charge in [-0.3, -0.25) is 9.69 Å². The summed E-state index contributed by atoms with van der Waals surface area (Å²) in [6.07, 6.45) is 3.60. The summed E-state index contributed by atoms with van der Waals surface area (Å²) >= 11 is 19.2. The third-order valence-corrected chi connectivity index (χ3v) is 7.81. The van der Waals surface area contributed by atoms with Gasteiger partial charge in [0.1, 0.15) is 16.1 Å². The predicted octanol–water partition coefficient (Wildman–Crippen LogP) is 6.74. The van der Waals surface area contributed by atoms with E-state index in [-0.39, 0.29) is 10.7 Å². The van der Waals surface area contributed by atoms with E-state index in [1.807, 2.05) is 60.7 Å². The summed E-state index contributed by atoms with van der Waals surface area (Å²) < 4.78 is 1.88. The molecule has 1 fully saturated rings. The summed E-state index contributed by atoms with van der Waals surface area (Å²) in [6.45, 7) is 0. The Hall–Kier alpha value is -3.43. The average molecular weight is 581 g/mol. The second kappa shape index (κ2) is 11.1. The van der Waals surface area contributed by atoms with Crippen LogP contribution in [0.4, 0.5) is 0 Å². The van der Waals surface area contributed by atoms with Gasteiger partial charge in [0.15, 0.2) is 0 Å². The first-order chi connectivity index (χ1) is 18.3. The summed E-state index contributed by atoms with van der Waals surface area (Å²) in [4.78, 5) is 27.2. The highest BCUT2D eigenvalue weighted by Gasteiger charge is 2.40. The van der Waals surface area contributed by atoms with Crippen LogP contribution in [0.25, 0.3) is 23.0 Å². The molecular weight excluding hydrogens is 561 g/mol. The van der Waals surface area contributed by atoms with Crippen LogP contribution in [0.3, 0.4) is 0 Å². The van der Waals surface area contributed by atoms with Gasteiger partial charge < -0.3 is 5.11 Å². The van der Waals surface area contributed by atoms with Crippen molar-refractivity contribution in [3.63, 3.8) is 0 Å². The Morgan fingerprint density at radius 2 is 1.74 bits per heavy atom. The Labute approximate surface area is 238 Å². The number of carboxylic acids is 1. The number of hydrogen-bond acceptors (Lipinski definition) is 5. The number of benzene rings is 3. The van der Waals surface area contributed by atoms with E-state index < -0.39 is 17.9 Å². The maximum absolute atomic E-state index is 13.5. The van der Waals surface area contributed by atoms with Gasteiger partial charge in [0.25, 0.3) is 5.91 Å². The highest BCUT2D eigenvalue weighted by molar-refractivity contribution is 8.26. The number of thiocarbonyl (C=S) groups is 1. The highest BCUT2D eigenvalue weighted by atomic mass is 35.5. The van der Waals surface area contributed by atoms with E-state index in [0.717, 1.165) is 23.0 Å². The number of halogens is 2. The molecule has 3 aromatic carbocycles. The molecule has 6 nitrogen and oxygen atoms in total. The minimum absolute atomic E-state index is 0.132. The molecule has 0 spiro atoms. The van der Waals surface area contributed by atoms with Crippen molar-refractivity contribution >= 4 is 69.5 Å². The van der Waals surface area contributed by atoms with Crippen molar-refractivity contribution in [2.75, 3.05) is 0 Å². The van der Waals surface area contributed by atoms with Crippen LogP contribution < -0.4 is 0 Å². The molecule has 1 amide bonds. The summed E-state index contributed by atoms with van der Waals surface area (Å²) in [5.74, 6) is -1.60. The van der Waals surface area contributed by atoms with Crippen LogP contribution >= 0.6 is 47.2 Å². The predicted molar refractivity (Wildman–Crippen MR) is 156 cm³/mol. The van der Waals surface area contributed by atoms with Crippen molar-refractivity contribution in [1.29, 1.82) is 0 Å². The van der Waals surface area contributed by atoms with E-state index in [2.05, 4.69) is 0 Å². The fourth-order valence-corrected chi connectivity index (χ4v) is 5.96. The minimum atomic E-state index is -1.13. The summed E-state index contributed by atoms with van der Waals surface area (Å²) in [7, 11) is 0. The molecule has 0 saturated carbocycles. The fraction of sp³-hybridized carbons (Fsp3) is 0.0714. The molecule has 10 heteroatoms. The lowest BCUT2D eigenvalue weighted by Crippen LogP contribution is -2.45. The Bertz CT molecular complexity index is 1570. The number of carboxylic acid groups (broad SMARTS) is 1. The molecule has 0 radical (unpaired) electrons. The molecule has 38 heavy (non-hydrogen) atoms. The second-order valence-electron chi connectivity index (χ2n) is 8.43. The molecule has 5 rings (SSSR count). The van der Waals surface area contributed by atoms with Crippen LogP contribution in [-0.2, 0) is 16.0 Å². The van der Waals surface area contributed by atoms with Crippen molar-refractivity contribution in [2.24, 2.45) is 0 Å². The molecule has 0 aliphatic carbocycles. The van der Waals surface area contributed by atoms with Gasteiger partial charge in [-0.2, -0.15) is 5.10 Å². The van der Waals surface area contributed by atoms with Gasteiger partial charge in [-0.05, 0) is 42.0 Å². The number of nitrogens with zero attached hydrogens (tertiary/aromatic N) is 3. The largest absolute Gasteiger partial charge is 0.480 e. The van der Waals surface area contributed by atoms with Crippen LogP contribution in [-0.4, -0.2) is 42.0 Å². The lowest BCUT2D eigenvalue weighted by Gasteiger charge is -2.23. The van der Waals surface area contributed by atoms with Crippen LogP contribution in [0.5, 0.6) is 0 Å². The third kappa shape index (κ3) is 5.39. The van der Waals surface area contributed by atoms with E-state index in [4.69, 9.17) is 40.5 Å². The third-order valence-electron chi connectivity index (χ3n) is 5.93. The molecule has 4 aromatic rings. The van der Waals surface area contributed by atoms with E-state index >= 15 is 0 Å². The number of amides is 1. The molecule has 0 bridgehead atoms. The van der Waals surface area contributed by atoms with Crippen molar-refractivity contribution in [3.8, 4) is 16.9 Å². The molecular formula is C28H19Cl2N3O3S2. The Morgan fingerprint density at radius 1 is 1.05 bits per heavy atom. The van der Waals surface area contributed by atoms with Crippen molar-refractivity contribution in [1.82, 2.24) is 14.7 Å².